The summed E-state index contributed by atoms with van der Waals surface area (Å²) in [4.78, 5) is 8.57. The third-order valence-corrected chi connectivity index (χ3v) is 3.49. The first kappa shape index (κ1) is 11.2. The van der Waals surface area contributed by atoms with Crippen LogP contribution in [0.25, 0.3) is 33.2 Å². The fraction of sp³-hybridized carbons (Fsp3) is 0.0588. The van der Waals surface area contributed by atoms with Gasteiger partial charge in [0, 0.05) is 28.7 Å². The fourth-order valence-electron chi connectivity index (χ4n) is 2.54. The largest absolute Gasteiger partial charge is 0.454 e. The minimum absolute atomic E-state index is 0.808. The lowest BCUT2D eigenvalue weighted by Crippen LogP contribution is -1.84. The lowest BCUT2D eigenvalue weighted by Gasteiger charge is -2.02. The van der Waals surface area contributed by atoms with Gasteiger partial charge in [-0.1, -0.05) is 12.1 Å². The number of fused-ring (bicyclic) bond motifs is 3. The Bertz CT molecular complexity index is 924. The number of hydrogen-bond acceptors (Lipinski definition) is 3. The highest BCUT2D eigenvalue weighted by Crippen LogP contribution is 2.34. The van der Waals surface area contributed by atoms with Crippen LogP contribution in [0, 0.1) is 6.92 Å². The minimum Gasteiger partial charge on any atom is -0.454 e. The summed E-state index contributed by atoms with van der Waals surface area (Å²) < 4.78 is 5.98. The van der Waals surface area contributed by atoms with Gasteiger partial charge in [-0.05, 0) is 36.8 Å². The molecule has 3 aromatic heterocycles. The number of aromatic nitrogens is 2. The van der Waals surface area contributed by atoms with E-state index >= 15 is 0 Å². The van der Waals surface area contributed by atoms with Crippen LogP contribution >= 0.6 is 0 Å². The number of para-hydroxylation sites is 1. The van der Waals surface area contributed by atoms with Gasteiger partial charge in [0.2, 0.25) is 0 Å². The van der Waals surface area contributed by atoms with Crippen LogP contribution in [-0.4, -0.2) is 9.97 Å². The monoisotopic (exact) mass is 260 g/mol. The Kier molecular flexibility index (Phi) is 2.33. The van der Waals surface area contributed by atoms with E-state index < -0.39 is 0 Å². The molecule has 0 radical (unpaired) electrons. The van der Waals surface area contributed by atoms with Crippen molar-refractivity contribution < 1.29 is 4.42 Å². The van der Waals surface area contributed by atoms with Gasteiger partial charge in [0.05, 0.1) is 11.9 Å². The van der Waals surface area contributed by atoms with Crippen molar-refractivity contribution in [1.82, 2.24) is 9.97 Å². The topological polar surface area (TPSA) is 38.9 Å². The molecule has 0 saturated heterocycles. The molecule has 0 saturated carbocycles. The van der Waals surface area contributed by atoms with E-state index in [2.05, 4.69) is 29.0 Å². The van der Waals surface area contributed by atoms with E-state index in [9.17, 15) is 0 Å². The molecule has 0 bridgehead atoms. The molecule has 3 heterocycles. The van der Waals surface area contributed by atoms with Crippen LogP contribution in [0.5, 0.6) is 0 Å². The summed E-state index contributed by atoms with van der Waals surface area (Å²) in [5.74, 6) is 0. The third-order valence-electron chi connectivity index (χ3n) is 3.49. The Morgan fingerprint density at radius 2 is 1.95 bits per heavy atom. The van der Waals surface area contributed by atoms with Gasteiger partial charge in [0.1, 0.15) is 5.58 Å². The van der Waals surface area contributed by atoms with Crippen molar-refractivity contribution in [3.8, 4) is 11.3 Å². The predicted molar refractivity (Wildman–Crippen MR) is 79.5 cm³/mol. The fourth-order valence-corrected chi connectivity index (χ4v) is 2.54. The average Bonchev–Trinajstić information content (AvgIpc) is 2.86. The van der Waals surface area contributed by atoms with Crippen molar-refractivity contribution in [3.63, 3.8) is 0 Å². The van der Waals surface area contributed by atoms with Crippen molar-refractivity contribution in [2.45, 2.75) is 6.92 Å². The highest BCUT2D eigenvalue weighted by molar-refractivity contribution is 6.08. The maximum Gasteiger partial charge on any atom is 0.153 e. The van der Waals surface area contributed by atoms with Crippen LogP contribution in [0.2, 0.25) is 0 Å². The number of furan rings is 1. The zero-order valence-electron chi connectivity index (χ0n) is 11.0. The van der Waals surface area contributed by atoms with E-state index in [1.807, 2.05) is 30.5 Å². The zero-order chi connectivity index (χ0) is 13.5. The number of rotatable bonds is 1. The van der Waals surface area contributed by atoms with Gasteiger partial charge in [-0.3, -0.25) is 9.97 Å². The van der Waals surface area contributed by atoms with Gasteiger partial charge in [0.15, 0.2) is 5.58 Å². The number of hydrogen-bond donors (Lipinski definition) is 0. The second kappa shape index (κ2) is 4.17. The molecule has 3 nitrogen and oxygen atoms in total. The lowest BCUT2D eigenvalue weighted by molar-refractivity contribution is 0.667. The number of pyridine rings is 2. The number of aryl methyl sites for hydroxylation is 1. The number of benzene rings is 1. The summed E-state index contributed by atoms with van der Waals surface area (Å²) in [5.41, 5.74) is 4.81. The van der Waals surface area contributed by atoms with E-state index in [-0.39, 0.29) is 0 Å². The van der Waals surface area contributed by atoms with Gasteiger partial charge in [-0.2, -0.15) is 0 Å². The molecule has 0 aliphatic rings. The van der Waals surface area contributed by atoms with Crippen molar-refractivity contribution in [2.24, 2.45) is 0 Å². The van der Waals surface area contributed by atoms with E-state index in [1.54, 1.807) is 12.4 Å². The molecular weight excluding hydrogens is 248 g/mol. The van der Waals surface area contributed by atoms with Crippen molar-refractivity contribution in [2.75, 3.05) is 0 Å². The molecule has 0 atom stereocenters. The van der Waals surface area contributed by atoms with Crippen LogP contribution in [0.4, 0.5) is 0 Å². The Hall–Kier alpha value is -2.68. The van der Waals surface area contributed by atoms with Crippen LogP contribution in [0.3, 0.4) is 0 Å². The molecule has 1 aromatic carbocycles. The maximum atomic E-state index is 5.98. The smallest absolute Gasteiger partial charge is 0.153 e. The van der Waals surface area contributed by atoms with E-state index in [0.29, 0.717) is 0 Å². The second-order valence-corrected chi connectivity index (χ2v) is 4.87. The van der Waals surface area contributed by atoms with Crippen LogP contribution in [0.15, 0.2) is 59.4 Å². The number of nitrogens with zero attached hydrogens (tertiary/aromatic N) is 2. The molecule has 4 aromatic rings. The summed E-state index contributed by atoms with van der Waals surface area (Å²) in [6, 6.07) is 12.2. The molecular formula is C17H12N2O. The van der Waals surface area contributed by atoms with Gasteiger partial charge < -0.3 is 4.42 Å². The predicted octanol–water partition coefficient (Wildman–Crippen LogP) is 4.35. The van der Waals surface area contributed by atoms with E-state index in [4.69, 9.17) is 4.42 Å². The summed E-state index contributed by atoms with van der Waals surface area (Å²) in [6.07, 6.45) is 5.37. The van der Waals surface area contributed by atoms with Crippen LogP contribution in [-0.2, 0) is 0 Å². The second-order valence-electron chi connectivity index (χ2n) is 4.87. The lowest BCUT2D eigenvalue weighted by atomic mass is 10.1. The van der Waals surface area contributed by atoms with Gasteiger partial charge in [-0.25, -0.2) is 0 Å². The van der Waals surface area contributed by atoms with Gasteiger partial charge in [-0.15, -0.1) is 0 Å². The summed E-state index contributed by atoms with van der Waals surface area (Å²) >= 11 is 0. The maximum absolute atomic E-state index is 5.98. The molecule has 96 valence electrons. The Balaban J connectivity index is 2.10. The molecule has 0 spiro atoms. The molecule has 3 heteroatoms. The average molecular weight is 260 g/mol. The molecule has 0 unspecified atom stereocenters. The first-order valence-electron chi connectivity index (χ1n) is 6.51. The summed E-state index contributed by atoms with van der Waals surface area (Å²) in [7, 11) is 0. The standard InChI is InChI=1S/C17H12N2O/c1-11-5-8-19-15(9-11)14-4-2-3-13-12-6-7-18-10-16(12)20-17(13)14/h2-10H,1H3. The molecule has 0 aliphatic carbocycles. The third kappa shape index (κ3) is 1.60. The van der Waals surface area contributed by atoms with Crippen LogP contribution < -0.4 is 0 Å². The molecule has 0 fully saturated rings. The molecule has 0 N–H and O–H groups in total. The van der Waals surface area contributed by atoms with Crippen molar-refractivity contribution in [3.05, 3.63) is 60.6 Å². The molecule has 0 amide bonds. The minimum atomic E-state index is 0.808. The molecule has 20 heavy (non-hydrogen) atoms. The van der Waals surface area contributed by atoms with Gasteiger partial charge >= 0.3 is 0 Å². The van der Waals surface area contributed by atoms with E-state index in [1.165, 1.54) is 5.56 Å². The Morgan fingerprint density at radius 3 is 2.85 bits per heavy atom. The normalized spacial score (nSPS) is 11.2. The quantitative estimate of drug-likeness (QED) is 0.510. The molecule has 0 aliphatic heterocycles. The van der Waals surface area contributed by atoms with Crippen LogP contribution in [0.1, 0.15) is 5.56 Å². The Morgan fingerprint density at radius 1 is 1.00 bits per heavy atom. The Labute approximate surface area is 115 Å². The summed E-state index contributed by atoms with van der Waals surface area (Å²) in [5, 5.41) is 2.19. The van der Waals surface area contributed by atoms with E-state index in [0.717, 1.165) is 33.2 Å². The SMILES string of the molecule is Cc1ccnc(-c2cccc3c2oc2cnccc23)c1. The van der Waals surface area contributed by atoms with Crippen molar-refractivity contribution >= 4 is 21.9 Å². The van der Waals surface area contributed by atoms with Crippen molar-refractivity contribution in [1.29, 1.82) is 0 Å². The summed E-state index contributed by atoms with van der Waals surface area (Å²) in [6.45, 7) is 2.06. The zero-order valence-corrected chi connectivity index (χ0v) is 11.0. The highest BCUT2D eigenvalue weighted by atomic mass is 16.3. The molecule has 4 rings (SSSR count). The van der Waals surface area contributed by atoms with Gasteiger partial charge in [0.25, 0.3) is 0 Å². The first-order chi connectivity index (χ1) is 9.83. The first-order valence-corrected chi connectivity index (χ1v) is 6.51. The highest BCUT2D eigenvalue weighted by Gasteiger charge is 2.12.